The van der Waals surface area contributed by atoms with E-state index in [-0.39, 0.29) is 10.5 Å². The number of hydrogen-bond donors (Lipinski definition) is 1. The Balaban J connectivity index is 1.45. The van der Waals surface area contributed by atoms with Crippen LogP contribution < -0.4 is 14.8 Å². The number of benzene rings is 3. The molecule has 0 saturated carbocycles. The summed E-state index contributed by atoms with van der Waals surface area (Å²) in [6, 6.07) is 22.2. The molecule has 166 valence electrons. The number of thioether (sulfide) groups is 2. The van der Waals surface area contributed by atoms with E-state index >= 15 is 0 Å². The first-order valence-corrected chi connectivity index (χ1v) is 12.4. The molecule has 0 atom stereocenters. The average molecular weight is 466 g/mol. The minimum atomic E-state index is 0.0196. The summed E-state index contributed by atoms with van der Waals surface area (Å²) >= 11 is 3.37. The van der Waals surface area contributed by atoms with Crippen molar-refractivity contribution in [1.82, 2.24) is 0 Å². The number of ether oxygens (including phenoxy) is 2. The summed E-state index contributed by atoms with van der Waals surface area (Å²) in [6.07, 6.45) is 3.83. The van der Waals surface area contributed by atoms with E-state index in [0.717, 1.165) is 39.8 Å². The summed E-state index contributed by atoms with van der Waals surface area (Å²) in [5.74, 6) is 1.67. The van der Waals surface area contributed by atoms with Crippen LogP contribution in [-0.2, 0) is 17.6 Å². The topological polar surface area (TPSA) is 47.6 Å². The van der Waals surface area contributed by atoms with Crippen LogP contribution >= 0.6 is 23.5 Å². The van der Waals surface area contributed by atoms with Crippen LogP contribution in [0, 0.1) is 0 Å². The van der Waals surface area contributed by atoms with E-state index in [9.17, 15) is 4.79 Å². The highest BCUT2D eigenvalue weighted by molar-refractivity contribution is 8.17. The van der Waals surface area contributed by atoms with Gasteiger partial charge in [-0.05, 0) is 91.1 Å². The Morgan fingerprint density at radius 1 is 0.844 bits per heavy atom. The number of carbonyl (C=O) groups excluding carboxylic acids is 1. The number of hydrogen-bond acceptors (Lipinski definition) is 5. The zero-order valence-corrected chi connectivity index (χ0v) is 19.9. The molecule has 1 aliphatic rings. The van der Waals surface area contributed by atoms with Crippen LogP contribution in [0.1, 0.15) is 24.0 Å². The van der Waals surface area contributed by atoms with E-state index < -0.39 is 0 Å². The van der Waals surface area contributed by atoms with E-state index in [1.54, 1.807) is 37.7 Å². The number of fused-ring (bicyclic) bond motifs is 1. The summed E-state index contributed by atoms with van der Waals surface area (Å²) in [5, 5.41) is 3.10. The quantitative estimate of drug-likeness (QED) is 0.291. The number of rotatable bonds is 9. The third kappa shape index (κ3) is 6.02. The Morgan fingerprint density at radius 3 is 1.97 bits per heavy atom. The maximum Gasteiger partial charge on any atom is 0.226 e. The van der Waals surface area contributed by atoms with Gasteiger partial charge in [0.05, 0.1) is 18.8 Å². The van der Waals surface area contributed by atoms with Gasteiger partial charge in [-0.2, -0.15) is 0 Å². The number of methoxy groups -OCH3 is 2. The van der Waals surface area contributed by atoms with Crippen LogP contribution in [0.15, 0.2) is 76.5 Å². The molecule has 4 rings (SSSR count). The Hall–Kier alpha value is -2.57. The number of nitrogens with one attached hydrogen (secondary N) is 1. The third-order valence-corrected chi connectivity index (χ3v) is 7.91. The molecular weight excluding hydrogens is 438 g/mol. The van der Waals surface area contributed by atoms with Crippen molar-refractivity contribution >= 4 is 35.1 Å². The number of anilines is 1. The molecule has 0 radical (unpaired) electrons. The Labute approximate surface area is 198 Å². The molecule has 3 aromatic rings. The van der Waals surface area contributed by atoms with Gasteiger partial charge in [-0.15, -0.1) is 23.5 Å². The van der Waals surface area contributed by atoms with Gasteiger partial charge < -0.3 is 14.8 Å². The monoisotopic (exact) mass is 465 g/mol. The van der Waals surface area contributed by atoms with Crippen LogP contribution in [0.4, 0.5) is 5.69 Å². The molecule has 1 aliphatic carbocycles. The minimum Gasteiger partial charge on any atom is -0.497 e. The van der Waals surface area contributed by atoms with Crippen molar-refractivity contribution in [1.29, 1.82) is 0 Å². The molecule has 0 heterocycles. The molecule has 1 amide bonds. The summed E-state index contributed by atoms with van der Waals surface area (Å²) in [4.78, 5) is 15.1. The lowest BCUT2D eigenvalue weighted by Gasteiger charge is -2.17. The van der Waals surface area contributed by atoms with E-state index in [2.05, 4.69) is 17.4 Å². The van der Waals surface area contributed by atoms with Gasteiger partial charge in [-0.25, -0.2) is 0 Å². The van der Waals surface area contributed by atoms with E-state index in [0.29, 0.717) is 6.42 Å². The van der Waals surface area contributed by atoms with Crippen molar-refractivity contribution < 1.29 is 14.3 Å². The fourth-order valence-corrected chi connectivity index (χ4v) is 6.25. The first-order chi connectivity index (χ1) is 15.6. The molecule has 0 aromatic heterocycles. The van der Waals surface area contributed by atoms with Crippen molar-refractivity contribution in [3.05, 3.63) is 77.9 Å². The van der Waals surface area contributed by atoms with E-state index in [1.165, 1.54) is 17.5 Å². The zero-order chi connectivity index (χ0) is 22.3. The van der Waals surface area contributed by atoms with Crippen LogP contribution in [-0.4, -0.2) is 24.7 Å². The first-order valence-electron chi connectivity index (χ1n) is 10.7. The number of carbonyl (C=O) groups is 1. The molecule has 0 spiro atoms. The Kier molecular flexibility index (Phi) is 7.66. The van der Waals surface area contributed by atoms with Crippen molar-refractivity contribution in [2.45, 2.75) is 40.1 Å². The smallest absolute Gasteiger partial charge is 0.226 e. The lowest BCUT2D eigenvalue weighted by atomic mass is 10.1. The van der Waals surface area contributed by atoms with Gasteiger partial charge in [-0.1, -0.05) is 6.07 Å². The Morgan fingerprint density at radius 2 is 1.41 bits per heavy atom. The van der Waals surface area contributed by atoms with Crippen molar-refractivity contribution in [2.24, 2.45) is 0 Å². The molecule has 0 aliphatic heterocycles. The zero-order valence-electron chi connectivity index (χ0n) is 18.3. The largest absolute Gasteiger partial charge is 0.497 e. The molecule has 0 unspecified atom stereocenters. The van der Waals surface area contributed by atoms with Gasteiger partial charge in [0, 0.05) is 21.9 Å². The molecule has 0 fully saturated rings. The van der Waals surface area contributed by atoms with Gasteiger partial charge >= 0.3 is 0 Å². The summed E-state index contributed by atoms with van der Waals surface area (Å²) in [5.41, 5.74) is 3.66. The van der Waals surface area contributed by atoms with Crippen LogP contribution in [0.25, 0.3) is 0 Å². The second-order valence-electron chi connectivity index (χ2n) is 7.61. The van der Waals surface area contributed by atoms with E-state index in [1.807, 2.05) is 54.6 Å². The molecule has 3 aromatic carbocycles. The standard InChI is InChI=1S/C26H27NO3S2/c1-29-21-8-12-23(13-9-21)31-26(32-24-14-10-22(30-2)11-15-24)17-25(28)27-20-7-6-18-4-3-5-19(18)16-20/h6-16,26H,3-5,17H2,1-2H3,(H,27,28). The summed E-state index contributed by atoms with van der Waals surface area (Å²) in [6.45, 7) is 0. The fraction of sp³-hybridized carbons (Fsp3) is 0.269. The second-order valence-corrected chi connectivity index (χ2v) is 10.5. The number of amides is 1. The Bertz CT molecular complexity index is 1000. The maximum absolute atomic E-state index is 12.9. The van der Waals surface area contributed by atoms with Crippen LogP contribution in [0.3, 0.4) is 0 Å². The van der Waals surface area contributed by atoms with Gasteiger partial charge in [0.2, 0.25) is 5.91 Å². The lowest BCUT2D eigenvalue weighted by molar-refractivity contribution is -0.115. The highest BCUT2D eigenvalue weighted by Gasteiger charge is 2.18. The normalized spacial score (nSPS) is 12.5. The van der Waals surface area contributed by atoms with Crippen LogP contribution in [0.2, 0.25) is 0 Å². The fourth-order valence-electron chi connectivity index (χ4n) is 3.73. The molecule has 1 N–H and O–H groups in total. The predicted molar refractivity (Wildman–Crippen MR) is 133 cm³/mol. The summed E-state index contributed by atoms with van der Waals surface area (Å²) in [7, 11) is 3.32. The molecule has 4 nitrogen and oxygen atoms in total. The lowest BCUT2D eigenvalue weighted by Crippen LogP contribution is -2.16. The van der Waals surface area contributed by atoms with Gasteiger partial charge in [0.25, 0.3) is 0 Å². The van der Waals surface area contributed by atoms with Gasteiger partial charge in [-0.3, -0.25) is 4.79 Å². The SMILES string of the molecule is COc1ccc(SC(CC(=O)Nc2ccc3c(c2)CCC3)Sc2ccc(OC)cc2)cc1. The maximum atomic E-state index is 12.9. The molecule has 0 bridgehead atoms. The highest BCUT2D eigenvalue weighted by atomic mass is 32.2. The average Bonchev–Trinajstić information content (AvgIpc) is 3.28. The van der Waals surface area contributed by atoms with E-state index in [4.69, 9.17) is 9.47 Å². The first kappa shape index (κ1) is 22.6. The highest BCUT2D eigenvalue weighted by Crippen LogP contribution is 2.39. The van der Waals surface area contributed by atoms with Crippen molar-refractivity contribution in [3.63, 3.8) is 0 Å². The van der Waals surface area contributed by atoms with Gasteiger partial charge in [0.15, 0.2) is 0 Å². The van der Waals surface area contributed by atoms with Crippen molar-refractivity contribution in [2.75, 3.05) is 19.5 Å². The minimum absolute atomic E-state index is 0.0196. The molecular formula is C26H27NO3S2. The summed E-state index contributed by atoms with van der Waals surface area (Å²) < 4.78 is 10.5. The molecule has 32 heavy (non-hydrogen) atoms. The van der Waals surface area contributed by atoms with Crippen LogP contribution in [0.5, 0.6) is 11.5 Å². The molecule has 6 heteroatoms. The second kappa shape index (κ2) is 10.8. The third-order valence-electron chi connectivity index (χ3n) is 5.39. The number of aryl methyl sites for hydroxylation is 2. The molecule has 0 saturated heterocycles. The van der Waals surface area contributed by atoms with Crippen molar-refractivity contribution in [3.8, 4) is 11.5 Å². The van der Waals surface area contributed by atoms with Gasteiger partial charge in [0.1, 0.15) is 11.5 Å². The predicted octanol–water partition coefficient (Wildman–Crippen LogP) is 6.43.